The van der Waals surface area contributed by atoms with Crippen molar-refractivity contribution in [1.29, 1.82) is 5.26 Å². The Hall–Kier alpha value is -3.19. The van der Waals surface area contributed by atoms with Crippen LogP contribution in [0.5, 0.6) is 0 Å². The van der Waals surface area contributed by atoms with Gasteiger partial charge in [0, 0.05) is 18.2 Å². The maximum Gasteiger partial charge on any atom is 0.221 e. The molecular formula is C19H16N2O2. The molecule has 0 unspecified atom stereocenters. The number of hydrogen-bond donors (Lipinski definition) is 1. The summed E-state index contributed by atoms with van der Waals surface area (Å²) in [5.74, 6) is -0.456. The summed E-state index contributed by atoms with van der Waals surface area (Å²) < 4.78 is 0. The molecule has 23 heavy (non-hydrogen) atoms. The average molecular weight is 304 g/mol. The third-order valence-corrected chi connectivity index (χ3v) is 3.19. The second kappa shape index (κ2) is 7.19. The number of Topliss-reactive ketones (excluding diaryl/α,β-unsaturated/α-hetero) is 1. The number of nitrogens with zero attached hydrogens (tertiary/aromatic N) is 1. The van der Waals surface area contributed by atoms with E-state index in [4.69, 9.17) is 0 Å². The lowest BCUT2D eigenvalue weighted by atomic mass is 10.0. The third-order valence-electron chi connectivity index (χ3n) is 3.19. The zero-order valence-electron chi connectivity index (χ0n) is 13.0. The molecule has 0 radical (unpaired) electrons. The van der Waals surface area contributed by atoms with Gasteiger partial charge in [0.25, 0.3) is 0 Å². The molecule has 0 spiro atoms. The molecule has 0 aliphatic rings. The van der Waals surface area contributed by atoms with E-state index in [2.05, 4.69) is 5.32 Å². The van der Waals surface area contributed by atoms with E-state index < -0.39 is 0 Å². The molecule has 0 bridgehead atoms. The first kappa shape index (κ1) is 16.2. The van der Waals surface area contributed by atoms with Gasteiger partial charge in [0.1, 0.15) is 11.6 Å². The van der Waals surface area contributed by atoms with Gasteiger partial charge in [-0.15, -0.1) is 0 Å². The lowest BCUT2D eigenvalue weighted by molar-refractivity contribution is -0.114. The minimum absolute atomic E-state index is 0.0721. The van der Waals surface area contributed by atoms with Crippen LogP contribution in [-0.2, 0) is 4.79 Å². The van der Waals surface area contributed by atoms with Crippen LogP contribution in [0.1, 0.15) is 28.4 Å². The number of rotatable bonds is 4. The number of benzene rings is 2. The zero-order chi connectivity index (χ0) is 16.8. The number of carbonyl (C=O) groups is 2. The standard InChI is InChI=1S/C19H16N2O2/c1-13-4-3-5-16(10-13)19(23)17(12-20)11-15-6-8-18(9-7-15)21-14(2)22/h3-11H,1-2H3,(H,21,22)/b17-11+. The Bertz CT molecular complexity index is 812. The van der Waals surface area contributed by atoms with Crippen molar-refractivity contribution in [3.8, 4) is 6.07 Å². The largest absolute Gasteiger partial charge is 0.326 e. The van der Waals surface area contributed by atoms with Gasteiger partial charge in [-0.1, -0.05) is 35.9 Å². The fourth-order valence-electron chi connectivity index (χ4n) is 2.12. The fraction of sp³-hybridized carbons (Fsp3) is 0.105. The van der Waals surface area contributed by atoms with E-state index in [1.165, 1.54) is 6.92 Å². The number of nitrogens with one attached hydrogen (secondary N) is 1. The molecule has 4 nitrogen and oxygen atoms in total. The van der Waals surface area contributed by atoms with E-state index in [1.807, 2.05) is 19.1 Å². The molecule has 0 aromatic heterocycles. The van der Waals surface area contributed by atoms with Crippen LogP contribution < -0.4 is 5.32 Å². The van der Waals surface area contributed by atoms with Gasteiger partial charge in [0.2, 0.25) is 11.7 Å². The summed E-state index contributed by atoms with van der Waals surface area (Å²) in [7, 11) is 0. The zero-order valence-corrected chi connectivity index (χ0v) is 13.0. The van der Waals surface area contributed by atoms with Crippen molar-refractivity contribution in [2.45, 2.75) is 13.8 Å². The second-order valence-electron chi connectivity index (χ2n) is 5.17. The molecule has 0 saturated heterocycles. The number of ketones is 1. The Morgan fingerprint density at radius 2 is 1.83 bits per heavy atom. The summed E-state index contributed by atoms with van der Waals surface area (Å²) in [6, 6.07) is 16.0. The number of aryl methyl sites for hydroxylation is 1. The normalized spacial score (nSPS) is 10.7. The molecule has 4 heteroatoms. The maximum atomic E-state index is 12.4. The second-order valence-corrected chi connectivity index (χ2v) is 5.17. The van der Waals surface area contributed by atoms with Gasteiger partial charge >= 0.3 is 0 Å². The number of hydrogen-bond acceptors (Lipinski definition) is 3. The van der Waals surface area contributed by atoms with Crippen LogP contribution in [-0.4, -0.2) is 11.7 Å². The fourth-order valence-corrected chi connectivity index (χ4v) is 2.12. The average Bonchev–Trinajstić information content (AvgIpc) is 2.53. The molecule has 0 aliphatic carbocycles. The molecule has 0 saturated carbocycles. The molecule has 0 fully saturated rings. The Labute approximate surface area is 135 Å². The molecule has 0 atom stereocenters. The van der Waals surface area contributed by atoms with Crippen molar-refractivity contribution < 1.29 is 9.59 Å². The van der Waals surface area contributed by atoms with Crippen molar-refractivity contribution in [1.82, 2.24) is 0 Å². The highest BCUT2D eigenvalue weighted by Crippen LogP contribution is 2.16. The SMILES string of the molecule is CC(=O)Nc1ccc(/C=C(\C#N)C(=O)c2cccc(C)c2)cc1. The number of carbonyl (C=O) groups excluding carboxylic acids is 2. The predicted octanol–water partition coefficient (Wildman–Crippen LogP) is 3.74. The van der Waals surface area contributed by atoms with Gasteiger partial charge < -0.3 is 5.32 Å². The van der Waals surface area contributed by atoms with Crippen molar-refractivity contribution >= 4 is 23.5 Å². The van der Waals surface area contributed by atoms with E-state index in [-0.39, 0.29) is 17.3 Å². The number of allylic oxidation sites excluding steroid dienone is 1. The number of nitriles is 1. The minimum Gasteiger partial charge on any atom is -0.326 e. The highest BCUT2D eigenvalue weighted by Gasteiger charge is 2.12. The summed E-state index contributed by atoms with van der Waals surface area (Å²) in [5, 5.41) is 11.9. The minimum atomic E-state index is -0.304. The van der Waals surface area contributed by atoms with Crippen LogP contribution >= 0.6 is 0 Å². The Morgan fingerprint density at radius 3 is 2.39 bits per heavy atom. The summed E-state index contributed by atoms with van der Waals surface area (Å²) >= 11 is 0. The molecular weight excluding hydrogens is 288 g/mol. The molecule has 1 amide bonds. The van der Waals surface area contributed by atoms with Gasteiger partial charge in [0.15, 0.2) is 0 Å². The first-order valence-corrected chi connectivity index (χ1v) is 7.10. The van der Waals surface area contributed by atoms with E-state index in [0.29, 0.717) is 11.3 Å². The smallest absolute Gasteiger partial charge is 0.221 e. The van der Waals surface area contributed by atoms with Crippen LogP contribution in [0.4, 0.5) is 5.69 Å². The summed E-state index contributed by atoms with van der Waals surface area (Å²) in [5.41, 5.74) is 2.91. The van der Waals surface area contributed by atoms with Gasteiger partial charge in [-0.25, -0.2) is 0 Å². The summed E-state index contributed by atoms with van der Waals surface area (Å²) in [6.07, 6.45) is 1.54. The molecule has 2 rings (SSSR count). The predicted molar refractivity (Wildman–Crippen MR) is 89.8 cm³/mol. The third kappa shape index (κ3) is 4.39. The van der Waals surface area contributed by atoms with Crippen LogP contribution in [0.2, 0.25) is 0 Å². The Balaban J connectivity index is 2.26. The van der Waals surface area contributed by atoms with Crippen molar-refractivity contribution in [2.75, 3.05) is 5.32 Å². The van der Waals surface area contributed by atoms with Crippen LogP contribution in [0.3, 0.4) is 0 Å². The van der Waals surface area contributed by atoms with E-state index >= 15 is 0 Å². The van der Waals surface area contributed by atoms with Crippen LogP contribution in [0, 0.1) is 18.3 Å². The highest BCUT2D eigenvalue weighted by atomic mass is 16.1. The first-order valence-electron chi connectivity index (χ1n) is 7.10. The molecule has 2 aromatic carbocycles. The van der Waals surface area contributed by atoms with E-state index in [9.17, 15) is 14.9 Å². The molecule has 2 aromatic rings. The van der Waals surface area contributed by atoms with E-state index in [0.717, 1.165) is 11.1 Å². The molecule has 1 N–H and O–H groups in total. The quantitative estimate of drug-likeness (QED) is 0.531. The lowest BCUT2D eigenvalue weighted by Gasteiger charge is -2.03. The van der Waals surface area contributed by atoms with Gasteiger partial charge in [-0.3, -0.25) is 9.59 Å². The topological polar surface area (TPSA) is 70.0 Å². The summed E-state index contributed by atoms with van der Waals surface area (Å²) in [6.45, 7) is 3.33. The van der Waals surface area contributed by atoms with Crippen LogP contribution in [0.25, 0.3) is 6.08 Å². The monoisotopic (exact) mass is 304 g/mol. The van der Waals surface area contributed by atoms with Gasteiger partial charge in [-0.2, -0.15) is 5.26 Å². The van der Waals surface area contributed by atoms with Crippen LogP contribution in [0.15, 0.2) is 54.1 Å². The van der Waals surface area contributed by atoms with Gasteiger partial charge in [0.05, 0.1) is 0 Å². The van der Waals surface area contributed by atoms with Crippen molar-refractivity contribution in [3.63, 3.8) is 0 Å². The Kier molecular flexibility index (Phi) is 5.06. The summed E-state index contributed by atoms with van der Waals surface area (Å²) in [4.78, 5) is 23.4. The molecule has 0 heterocycles. The molecule has 114 valence electrons. The highest BCUT2D eigenvalue weighted by molar-refractivity contribution is 6.14. The Morgan fingerprint density at radius 1 is 1.13 bits per heavy atom. The maximum absolute atomic E-state index is 12.4. The van der Waals surface area contributed by atoms with E-state index in [1.54, 1.807) is 48.5 Å². The first-order chi connectivity index (χ1) is 11.0. The van der Waals surface area contributed by atoms with Crippen molar-refractivity contribution in [2.24, 2.45) is 0 Å². The number of anilines is 1. The number of amides is 1. The van der Waals surface area contributed by atoms with Gasteiger partial charge in [-0.05, 0) is 36.8 Å². The van der Waals surface area contributed by atoms with Crippen molar-refractivity contribution in [3.05, 3.63) is 70.8 Å². The lowest BCUT2D eigenvalue weighted by Crippen LogP contribution is -2.05. The molecule has 0 aliphatic heterocycles.